The number of phenolic OH excluding ortho intramolecular Hbond substituents is 2. The lowest BCUT2D eigenvalue weighted by Gasteiger charge is -2.22. The molecule has 0 aliphatic rings. The predicted octanol–water partition coefficient (Wildman–Crippen LogP) is 4.34. The van der Waals surface area contributed by atoms with Gasteiger partial charge in [-0.25, -0.2) is 0 Å². The standard InChI is InChI=1S/C18H18O2/c1-3-17(13-5-9-15(19)10-6-13)18(4-2)14-7-11-16(20)12-8-14/h3-12,17-20H,1-2H2/t17-,18+. The highest BCUT2D eigenvalue weighted by Crippen LogP contribution is 2.35. The Morgan fingerprint density at radius 2 is 0.950 bits per heavy atom. The first-order valence-electron chi connectivity index (χ1n) is 6.48. The molecule has 0 heterocycles. The molecule has 0 fully saturated rings. The van der Waals surface area contributed by atoms with E-state index in [0.29, 0.717) is 0 Å². The smallest absolute Gasteiger partial charge is 0.115 e. The maximum atomic E-state index is 9.38. The Balaban J connectivity index is 2.37. The summed E-state index contributed by atoms with van der Waals surface area (Å²) in [6.45, 7) is 7.82. The van der Waals surface area contributed by atoms with Gasteiger partial charge in [-0.15, -0.1) is 13.2 Å². The molecule has 0 saturated heterocycles. The third-order valence-corrected chi connectivity index (χ3v) is 3.45. The van der Waals surface area contributed by atoms with Gasteiger partial charge in [-0.3, -0.25) is 0 Å². The molecule has 0 aromatic heterocycles. The van der Waals surface area contributed by atoms with E-state index >= 15 is 0 Å². The normalized spacial score (nSPS) is 13.4. The van der Waals surface area contributed by atoms with E-state index in [-0.39, 0.29) is 23.3 Å². The lowest BCUT2D eigenvalue weighted by Crippen LogP contribution is -2.06. The molecular weight excluding hydrogens is 248 g/mol. The minimum atomic E-state index is 0.0673. The van der Waals surface area contributed by atoms with Gasteiger partial charge in [0.15, 0.2) is 0 Å². The fraction of sp³-hybridized carbons (Fsp3) is 0.111. The summed E-state index contributed by atoms with van der Waals surface area (Å²) in [5.74, 6) is 0.628. The Labute approximate surface area is 119 Å². The second-order valence-electron chi connectivity index (χ2n) is 4.71. The predicted molar refractivity (Wildman–Crippen MR) is 82.1 cm³/mol. The van der Waals surface area contributed by atoms with E-state index in [1.165, 1.54) is 0 Å². The summed E-state index contributed by atoms with van der Waals surface area (Å²) in [4.78, 5) is 0. The molecule has 0 amide bonds. The topological polar surface area (TPSA) is 40.5 Å². The van der Waals surface area contributed by atoms with Crippen LogP contribution in [0.1, 0.15) is 23.0 Å². The average molecular weight is 266 g/mol. The van der Waals surface area contributed by atoms with Crippen molar-refractivity contribution >= 4 is 0 Å². The van der Waals surface area contributed by atoms with Crippen LogP contribution < -0.4 is 0 Å². The van der Waals surface area contributed by atoms with Crippen LogP contribution in [0.2, 0.25) is 0 Å². The summed E-state index contributed by atoms with van der Waals surface area (Å²) in [6, 6.07) is 14.2. The number of hydrogen-bond acceptors (Lipinski definition) is 2. The lowest BCUT2D eigenvalue weighted by atomic mass is 9.81. The summed E-state index contributed by atoms with van der Waals surface area (Å²) in [7, 11) is 0. The third-order valence-electron chi connectivity index (χ3n) is 3.45. The maximum Gasteiger partial charge on any atom is 0.115 e. The Hall–Kier alpha value is -2.48. The van der Waals surface area contributed by atoms with Crippen LogP contribution in [0.15, 0.2) is 73.8 Å². The number of allylic oxidation sites excluding steroid dienone is 2. The van der Waals surface area contributed by atoms with E-state index in [1.54, 1.807) is 24.3 Å². The summed E-state index contributed by atoms with van der Waals surface area (Å²) in [5.41, 5.74) is 2.13. The van der Waals surface area contributed by atoms with E-state index in [9.17, 15) is 10.2 Å². The third kappa shape index (κ3) is 2.91. The Morgan fingerprint density at radius 1 is 0.650 bits per heavy atom. The average Bonchev–Trinajstić information content (AvgIpc) is 2.47. The van der Waals surface area contributed by atoms with Crippen molar-refractivity contribution in [1.82, 2.24) is 0 Å². The molecule has 0 bridgehead atoms. The van der Waals surface area contributed by atoms with Crippen LogP contribution in [0.3, 0.4) is 0 Å². The number of aromatic hydroxyl groups is 2. The lowest BCUT2D eigenvalue weighted by molar-refractivity contribution is 0.474. The fourth-order valence-corrected chi connectivity index (χ4v) is 2.37. The van der Waals surface area contributed by atoms with Gasteiger partial charge in [0.1, 0.15) is 11.5 Å². The quantitative estimate of drug-likeness (QED) is 0.790. The molecule has 20 heavy (non-hydrogen) atoms. The van der Waals surface area contributed by atoms with Crippen molar-refractivity contribution in [2.45, 2.75) is 11.8 Å². The number of rotatable bonds is 5. The van der Waals surface area contributed by atoms with E-state index in [0.717, 1.165) is 11.1 Å². The van der Waals surface area contributed by atoms with Crippen LogP contribution in [-0.4, -0.2) is 10.2 Å². The summed E-state index contributed by atoms with van der Waals surface area (Å²) in [6.07, 6.45) is 3.76. The highest BCUT2D eigenvalue weighted by molar-refractivity contribution is 5.38. The Morgan fingerprint density at radius 3 is 1.20 bits per heavy atom. The van der Waals surface area contributed by atoms with Crippen molar-refractivity contribution < 1.29 is 10.2 Å². The van der Waals surface area contributed by atoms with E-state index in [1.807, 2.05) is 36.4 Å². The van der Waals surface area contributed by atoms with Gasteiger partial charge in [-0.2, -0.15) is 0 Å². The van der Waals surface area contributed by atoms with Crippen LogP contribution in [0, 0.1) is 0 Å². The highest BCUT2D eigenvalue weighted by atomic mass is 16.3. The zero-order chi connectivity index (χ0) is 14.5. The first kappa shape index (κ1) is 13.9. The van der Waals surface area contributed by atoms with Crippen LogP contribution >= 0.6 is 0 Å². The molecule has 0 aliphatic heterocycles. The largest absolute Gasteiger partial charge is 0.508 e. The van der Waals surface area contributed by atoms with E-state index in [4.69, 9.17) is 0 Å². The summed E-state index contributed by atoms with van der Waals surface area (Å²) in [5, 5.41) is 18.8. The van der Waals surface area contributed by atoms with Crippen molar-refractivity contribution in [1.29, 1.82) is 0 Å². The molecule has 0 radical (unpaired) electrons. The van der Waals surface area contributed by atoms with Crippen LogP contribution in [0.25, 0.3) is 0 Å². The zero-order valence-electron chi connectivity index (χ0n) is 11.2. The fourth-order valence-electron chi connectivity index (χ4n) is 2.37. The van der Waals surface area contributed by atoms with Crippen LogP contribution in [-0.2, 0) is 0 Å². The number of phenols is 2. The molecule has 2 aromatic rings. The molecular formula is C18H18O2. The molecule has 2 heteroatoms. The SMILES string of the molecule is C=C[C@H](c1ccc(O)cc1)[C@@H](C=C)c1ccc(O)cc1. The van der Waals surface area contributed by atoms with Gasteiger partial charge >= 0.3 is 0 Å². The second-order valence-corrected chi connectivity index (χ2v) is 4.71. The maximum absolute atomic E-state index is 9.38. The van der Waals surface area contributed by atoms with Gasteiger partial charge in [0.2, 0.25) is 0 Å². The minimum Gasteiger partial charge on any atom is -0.508 e. The molecule has 0 unspecified atom stereocenters. The summed E-state index contributed by atoms with van der Waals surface area (Å²) < 4.78 is 0. The number of hydrogen-bond donors (Lipinski definition) is 2. The van der Waals surface area contributed by atoms with Crippen molar-refractivity contribution in [3.63, 3.8) is 0 Å². The first-order chi connectivity index (χ1) is 9.65. The van der Waals surface area contributed by atoms with Gasteiger partial charge in [0.05, 0.1) is 0 Å². The molecule has 0 saturated carbocycles. The van der Waals surface area contributed by atoms with Crippen LogP contribution in [0.4, 0.5) is 0 Å². The molecule has 2 aromatic carbocycles. The molecule has 2 N–H and O–H groups in total. The molecule has 2 atom stereocenters. The van der Waals surface area contributed by atoms with Gasteiger partial charge in [0.25, 0.3) is 0 Å². The van der Waals surface area contributed by atoms with E-state index < -0.39 is 0 Å². The van der Waals surface area contributed by atoms with E-state index in [2.05, 4.69) is 13.2 Å². The first-order valence-corrected chi connectivity index (χ1v) is 6.48. The van der Waals surface area contributed by atoms with Gasteiger partial charge < -0.3 is 10.2 Å². The van der Waals surface area contributed by atoms with Gasteiger partial charge in [0, 0.05) is 11.8 Å². The van der Waals surface area contributed by atoms with Crippen molar-refractivity contribution in [3.05, 3.63) is 85.0 Å². The zero-order valence-corrected chi connectivity index (χ0v) is 11.2. The van der Waals surface area contributed by atoms with Crippen molar-refractivity contribution in [2.24, 2.45) is 0 Å². The molecule has 2 nitrogen and oxygen atoms in total. The Kier molecular flexibility index (Phi) is 4.26. The van der Waals surface area contributed by atoms with Gasteiger partial charge in [-0.05, 0) is 35.4 Å². The molecule has 102 valence electrons. The molecule has 0 aliphatic carbocycles. The van der Waals surface area contributed by atoms with Crippen LogP contribution in [0.5, 0.6) is 11.5 Å². The Bertz CT molecular complexity index is 526. The monoisotopic (exact) mass is 266 g/mol. The number of benzene rings is 2. The highest BCUT2D eigenvalue weighted by Gasteiger charge is 2.19. The van der Waals surface area contributed by atoms with Crippen molar-refractivity contribution in [3.8, 4) is 11.5 Å². The van der Waals surface area contributed by atoms with Crippen molar-refractivity contribution in [2.75, 3.05) is 0 Å². The molecule has 0 spiro atoms. The summed E-state index contributed by atoms with van der Waals surface area (Å²) >= 11 is 0. The second kappa shape index (κ2) is 6.11. The molecule has 2 rings (SSSR count). The van der Waals surface area contributed by atoms with Gasteiger partial charge in [-0.1, -0.05) is 36.4 Å². The minimum absolute atomic E-state index is 0.0673.